The molecule has 0 aliphatic rings. The van der Waals surface area contributed by atoms with E-state index in [0.29, 0.717) is 28.3 Å². The lowest BCUT2D eigenvalue weighted by Crippen LogP contribution is -2.32. The third-order valence-electron chi connectivity index (χ3n) is 4.69. The number of halogens is 6. The Balaban J connectivity index is 2.17. The summed E-state index contributed by atoms with van der Waals surface area (Å²) in [6.45, 7) is 0.583. The van der Waals surface area contributed by atoms with Gasteiger partial charge >= 0.3 is 11.9 Å². The highest BCUT2D eigenvalue weighted by Crippen LogP contribution is 2.31. The Kier molecular flexibility index (Phi) is 6.62. The van der Waals surface area contributed by atoms with E-state index >= 15 is 0 Å². The standard InChI is InChI=1S/C20H15F6N5O4/c1-8(20(24,25)26)35-14-7-13(31-19(34)30(2)17(29-31)16(27)32)12(23)6-9(14)18(33)28-15-10(21)4-3-5-11(15)22/h3-8H,1-2H3,(H2,27,32)(H,28,33)/t8-/m0/s1. The van der Waals surface area contributed by atoms with Crippen LogP contribution in [0.25, 0.3) is 5.69 Å². The Hall–Kier alpha value is -4.30. The lowest BCUT2D eigenvalue weighted by atomic mass is 10.1. The SMILES string of the molecule is C[C@H](Oc1cc(-n2nc(C(N)=O)n(C)c2=O)c(F)cc1C(=O)Nc1c(F)cccc1F)C(F)(F)F. The number of benzene rings is 2. The molecule has 0 radical (unpaired) electrons. The summed E-state index contributed by atoms with van der Waals surface area (Å²) >= 11 is 0. The van der Waals surface area contributed by atoms with Gasteiger partial charge in [-0.25, -0.2) is 18.0 Å². The van der Waals surface area contributed by atoms with Gasteiger partial charge in [-0.15, -0.1) is 5.10 Å². The Bertz CT molecular complexity index is 1360. The summed E-state index contributed by atoms with van der Waals surface area (Å²) in [6.07, 6.45) is -7.46. The number of nitrogens with two attached hydrogens (primary N) is 1. The molecule has 1 atom stereocenters. The lowest BCUT2D eigenvalue weighted by Gasteiger charge is -2.20. The van der Waals surface area contributed by atoms with Crippen molar-refractivity contribution in [3.8, 4) is 11.4 Å². The average molecular weight is 503 g/mol. The van der Waals surface area contributed by atoms with Crippen molar-refractivity contribution in [3.05, 3.63) is 69.7 Å². The van der Waals surface area contributed by atoms with Crippen LogP contribution in [-0.2, 0) is 7.05 Å². The van der Waals surface area contributed by atoms with E-state index < -0.39 is 75.7 Å². The molecule has 186 valence electrons. The van der Waals surface area contributed by atoms with Crippen LogP contribution >= 0.6 is 0 Å². The summed E-state index contributed by atoms with van der Waals surface area (Å²) < 4.78 is 87.9. The number of anilines is 1. The maximum Gasteiger partial charge on any atom is 0.425 e. The summed E-state index contributed by atoms with van der Waals surface area (Å²) in [5, 5.41) is 5.36. The maximum absolute atomic E-state index is 14.9. The molecule has 3 N–H and O–H groups in total. The van der Waals surface area contributed by atoms with Crippen molar-refractivity contribution in [2.45, 2.75) is 19.2 Å². The molecule has 0 spiro atoms. The summed E-state index contributed by atoms with van der Waals surface area (Å²) in [6, 6.07) is 3.53. The molecule has 2 amide bonds. The first-order valence-electron chi connectivity index (χ1n) is 9.50. The van der Waals surface area contributed by atoms with Crippen LogP contribution in [0.4, 0.5) is 32.0 Å². The molecule has 0 aliphatic heterocycles. The highest BCUT2D eigenvalue weighted by Gasteiger charge is 2.39. The summed E-state index contributed by atoms with van der Waals surface area (Å²) in [5.41, 5.74) is 1.37. The molecule has 1 aromatic heterocycles. The number of primary amides is 1. The maximum atomic E-state index is 14.9. The third-order valence-corrected chi connectivity index (χ3v) is 4.69. The van der Waals surface area contributed by atoms with E-state index in [4.69, 9.17) is 10.5 Å². The Labute approximate surface area is 191 Å². The van der Waals surface area contributed by atoms with Crippen molar-refractivity contribution in [1.82, 2.24) is 14.3 Å². The van der Waals surface area contributed by atoms with Crippen LogP contribution in [0.3, 0.4) is 0 Å². The number of carbonyl (C=O) groups excluding carboxylic acids is 2. The van der Waals surface area contributed by atoms with Gasteiger partial charge in [0.05, 0.1) is 5.56 Å². The molecule has 2 aromatic carbocycles. The van der Waals surface area contributed by atoms with E-state index in [-0.39, 0.29) is 0 Å². The van der Waals surface area contributed by atoms with Crippen LogP contribution in [0.5, 0.6) is 5.75 Å². The molecule has 1 heterocycles. The summed E-state index contributed by atoms with van der Waals surface area (Å²) in [5.74, 6) is -7.87. The fourth-order valence-corrected chi connectivity index (χ4v) is 2.84. The highest BCUT2D eigenvalue weighted by molar-refractivity contribution is 6.06. The molecule has 0 fully saturated rings. The Morgan fingerprint density at radius 3 is 2.23 bits per heavy atom. The van der Waals surface area contributed by atoms with Crippen LogP contribution in [0.2, 0.25) is 0 Å². The number of nitrogens with zero attached hydrogens (tertiary/aromatic N) is 3. The van der Waals surface area contributed by atoms with Crippen LogP contribution in [-0.4, -0.2) is 38.4 Å². The first-order chi connectivity index (χ1) is 16.2. The predicted molar refractivity (Wildman–Crippen MR) is 108 cm³/mol. The number of amides is 2. The number of ether oxygens (including phenoxy) is 1. The van der Waals surface area contributed by atoms with Gasteiger partial charge in [-0.2, -0.15) is 17.9 Å². The summed E-state index contributed by atoms with van der Waals surface area (Å²) in [4.78, 5) is 36.5. The molecule has 0 saturated heterocycles. The van der Waals surface area contributed by atoms with Gasteiger partial charge in [0.25, 0.3) is 11.8 Å². The van der Waals surface area contributed by atoms with E-state index in [2.05, 4.69) is 5.10 Å². The zero-order chi connectivity index (χ0) is 26.2. The molecular weight excluding hydrogens is 488 g/mol. The number of rotatable bonds is 6. The molecular formula is C20H15F6N5O4. The van der Waals surface area contributed by atoms with Gasteiger partial charge in [-0.3, -0.25) is 14.2 Å². The van der Waals surface area contributed by atoms with Gasteiger partial charge < -0.3 is 15.8 Å². The largest absolute Gasteiger partial charge is 0.480 e. The number of hydrogen-bond acceptors (Lipinski definition) is 5. The number of nitrogens with one attached hydrogen (secondary N) is 1. The second-order valence-electron chi connectivity index (χ2n) is 7.09. The third kappa shape index (κ3) is 4.97. The van der Waals surface area contributed by atoms with Crippen LogP contribution in [0, 0.1) is 17.5 Å². The molecule has 3 rings (SSSR count). The Morgan fingerprint density at radius 2 is 1.71 bits per heavy atom. The number of alkyl halides is 3. The molecule has 0 aliphatic carbocycles. The van der Waals surface area contributed by atoms with Crippen LogP contribution in [0.1, 0.15) is 27.9 Å². The second kappa shape index (κ2) is 9.15. The van der Waals surface area contributed by atoms with E-state index in [0.717, 1.165) is 25.2 Å². The van der Waals surface area contributed by atoms with E-state index in [1.165, 1.54) is 0 Å². The Morgan fingerprint density at radius 1 is 1.11 bits per heavy atom. The monoisotopic (exact) mass is 503 g/mol. The zero-order valence-electron chi connectivity index (χ0n) is 17.8. The molecule has 15 heteroatoms. The average Bonchev–Trinajstić information content (AvgIpc) is 3.05. The van der Waals surface area contributed by atoms with E-state index in [1.54, 1.807) is 5.32 Å². The first-order valence-corrected chi connectivity index (χ1v) is 9.50. The topological polar surface area (TPSA) is 121 Å². The minimum absolute atomic E-state index is 0.318. The van der Waals surface area contributed by atoms with Crippen molar-refractivity contribution < 1.29 is 40.7 Å². The molecule has 35 heavy (non-hydrogen) atoms. The van der Waals surface area contributed by atoms with Gasteiger partial charge in [0.2, 0.25) is 5.82 Å². The normalized spacial score (nSPS) is 12.3. The second-order valence-corrected chi connectivity index (χ2v) is 7.09. The van der Waals surface area contributed by atoms with Gasteiger partial charge in [0.1, 0.15) is 34.6 Å². The number of hydrogen-bond donors (Lipinski definition) is 2. The van der Waals surface area contributed by atoms with Gasteiger partial charge in [-0.05, 0) is 25.1 Å². The van der Waals surface area contributed by atoms with Crippen molar-refractivity contribution in [2.24, 2.45) is 12.8 Å². The van der Waals surface area contributed by atoms with Crippen LogP contribution in [0.15, 0.2) is 35.1 Å². The first kappa shape index (κ1) is 25.3. The lowest BCUT2D eigenvalue weighted by molar-refractivity contribution is -0.189. The molecule has 9 nitrogen and oxygen atoms in total. The van der Waals surface area contributed by atoms with E-state index in [9.17, 15) is 40.7 Å². The van der Waals surface area contributed by atoms with Crippen molar-refractivity contribution in [3.63, 3.8) is 0 Å². The van der Waals surface area contributed by atoms with Crippen molar-refractivity contribution in [2.75, 3.05) is 5.32 Å². The van der Waals surface area contributed by atoms with Gasteiger partial charge in [-0.1, -0.05) is 6.07 Å². The van der Waals surface area contributed by atoms with Gasteiger partial charge in [0, 0.05) is 13.1 Å². The smallest absolute Gasteiger partial charge is 0.425 e. The van der Waals surface area contributed by atoms with E-state index in [1.807, 2.05) is 0 Å². The number of para-hydroxylation sites is 1. The minimum Gasteiger partial charge on any atom is -0.480 e. The van der Waals surface area contributed by atoms with Crippen molar-refractivity contribution >= 4 is 17.5 Å². The fraction of sp³-hybridized carbons (Fsp3) is 0.200. The highest BCUT2D eigenvalue weighted by atomic mass is 19.4. The predicted octanol–water partition coefficient (Wildman–Crippen LogP) is 2.67. The molecule has 0 bridgehead atoms. The summed E-state index contributed by atoms with van der Waals surface area (Å²) in [7, 11) is 1.08. The molecule has 0 unspecified atom stereocenters. The minimum atomic E-state index is -4.93. The number of carbonyl (C=O) groups is 2. The quantitative estimate of drug-likeness (QED) is 0.501. The molecule has 0 saturated carbocycles. The number of aromatic nitrogens is 3. The van der Waals surface area contributed by atoms with Gasteiger partial charge in [0.15, 0.2) is 6.10 Å². The fourth-order valence-electron chi connectivity index (χ4n) is 2.84. The van der Waals surface area contributed by atoms with Crippen molar-refractivity contribution in [1.29, 1.82) is 0 Å². The zero-order valence-corrected chi connectivity index (χ0v) is 17.8. The molecule has 3 aromatic rings. The van der Waals surface area contributed by atoms with Crippen LogP contribution < -0.4 is 21.5 Å².